The molecular formula is C17H16ClN5OS. The monoisotopic (exact) mass is 373 g/mol. The fraction of sp³-hybridized carbons (Fsp3) is 0.294. The summed E-state index contributed by atoms with van der Waals surface area (Å²) in [6.07, 6.45) is 5.16. The molecule has 3 aromatic rings. The molecule has 128 valence electrons. The molecule has 0 saturated heterocycles. The van der Waals surface area contributed by atoms with Crippen LogP contribution >= 0.6 is 23.4 Å². The highest BCUT2D eigenvalue weighted by atomic mass is 35.5. The van der Waals surface area contributed by atoms with Gasteiger partial charge in [0.15, 0.2) is 10.9 Å². The van der Waals surface area contributed by atoms with Gasteiger partial charge in [-0.05, 0) is 25.0 Å². The molecule has 4 rings (SSSR count). The van der Waals surface area contributed by atoms with Crippen molar-refractivity contribution in [3.8, 4) is 11.3 Å². The molecule has 8 heteroatoms. The van der Waals surface area contributed by atoms with Crippen LogP contribution < -0.4 is 5.73 Å². The van der Waals surface area contributed by atoms with Gasteiger partial charge < -0.3 is 10.2 Å². The SMILES string of the molecule is Nc1nc(SCc2ncc(-c3cccc(Cl)c3)o2)nc(C2CCC2)n1. The van der Waals surface area contributed by atoms with Crippen LogP contribution in [0.1, 0.15) is 36.9 Å². The van der Waals surface area contributed by atoms with Crippen molar-refractivity contribution in [2.24, 2.45) is 0 Å². The summed E-state index contributed by atoms with van der Waals surface area (Å²) >= 11 is 7.46. The molecule has 1 aliphatic carbocycles. The Labute approximate surface area is 154 Å². The number of nitrogen functional groups attached to an aromatic ring is 1. The minimum Gasteiger partial charge on any atom is -0.440 e. The van der Waals surface area contributed by atoms with E-state index in [-0.39, 0.29) is 5.95 Å². The summed E-state index contributed by atoms with van der Waals surface area (Å²) < 4.78 is 5.79. The minimum absolute atomic E-state index is 0.270. The molecule has 2 heterocycles. The van der Waals surface area contributed by atoms with Crippen LogP contribution in [0.4, 0.5) is 5.95 Å². The van der Waals surface area contributed by atoms with Crippen molar-refractivity contribution in [1.29, 1.82) is 0 Å². The Morgan fingerprint density at radius 3 is 2.88 bits per heavy atom. The molecule has 1 aliphatic rings. The van der Waals surface area contributed by atoms with Gasteiger partial charge in [-0.1, -0.05) is 41.9 Å². The van der Waals surface area contributed by atoms with E-state index < -0.39 is 0 Å². The lowest BCUT2D eigenvalue weighted by Gasteiger charge is -2.23. The summed E-state index contributed by atoms with van der Waals surface area (Å²) in [4.78, 5) is 17.3. The molecule has 6 nitrogen and oxygen atoms in total. The minimum atomic E-state index is 0.270. The van der Waals surface area contributed by atoms with Crippen LogP contribution in [0.3, 0.4) is 0 Å². The molecule has 0 aliphatic heterocycles. The zero-order chi connectivity index (χ0) is 17.2. The van der Waals surface area contributed by atoms with Gasteiger partial charge in [0.1, 0.15) is 5.82 Å². The first-order chi connectivity index (χ1) is 12.2. The van der Waals surface area contributed by atoms with Crippen LogP contribution in [0.5, 0.6) is 0 Å². The zero-order valence-electron chi connectivity index (χ0n) is 13.4. The summed E-state index contributed by atoms with van der Waals surface area (Å²) in [5.74, 6) is 3.29. The van der Waals surface area contributed by atoms with Gasteiger partial charge in [0.25, 0.3) is 0 Å². The highest BCUT2D eigenvalue weighted by Crippen LogP contribution is 2.35. The second kappa shape index (κ2) is 7.01. The second-order valence-corrected chi connectivity index (χ2v) is 7.26. The van der Waals surface area contributed by atoms with Crippen molar-refractivity contribution in [2.45, 2.75) is 36.1 Å². The van der Waals surface area contributed by atoms with E-state index in [1.165, 1.54) is 18.2 Å². The highest BCUT2D eigenvalue weighted by Gasteiger charge is 2.23. The number of hydrogen-bond donors (Lipinski definition) is 1. The van der Waals surface area contributed by atoms with Crippen LogP contribution in [0.15, 0.2) is 40.0 Å². The van der Waals surface area contributed by atoms with Gasteiger partial charge in [-0.15, -0.1) is 0 Å². The fourth-order valence-corrected chi connectivity index (χ4v) is 3.47. The van der Waals surface area contributed by atoms with Gasteiger partial charge >= 0.3 is 0 Å². The number of oxazole rings is 1. The predicted molar refractivity (Wildman–Crippen MR) is 97.3 cm³/mol. The van der Waals surface area contributed by atoms with Crippen molar-refractivity contribution in [2.75, 3.05) is 5.73 Å². The average molecular weight is 374 g/mol. The molecule has 0 amide bonds. The normalized spacial score (nSPS) is 14.4. The fourth-order valence-electron chi connectivity index (χ4n) is 2.58. The molecule has 0 bridgehead atoms. The Balaban J connectivity index is 1.46. The first kappa shape index (κ1) is 16.4. The van der Waals surface area contributed by atoms with Crippen LogP contribution in [-0.4, -0.2) is 19.9 Å². The number of benzene rings is 1. The molecule has 0 spiro atoms. The van der Waals surface area contributed by atoms with E-state index in [9.17, 15) is 0 Å². The van der Waals surface area contributed by atoms with E-state index >= 15 is 0 Å². The van der Waals surface area contributed by atoms with Crippen molar-refractivity contribution >= 4 is 29.3 Å². The second-order valence-electron chi connectivity index (χ2n) is 5.88. The quantitative estimate of drug-likeness (QED) is 0.666. The van der Waals surface area contributed by atoms with E-state index in [4.69, 9.17) is 21.8 Å². The Morgan fingerprint density at radius 2 is 2.12 bits per heavy atom. The number of halogens is 1. The van der Waals surface area contributed by atoms with Crippen molar-refractivity contribution in [3.63, 3.8) is 0 Å². The van der Waals surface area contributed by atoms with Crippen LogP contribution in [0.2, 0.25) is 5.02 Å². The standard InChI is InChI=1S/C17H16ClN5OS/c18-12-6-2-5-11(7-12)13-8-20-14(24-13)9-25-17-22-15(10-3-1-4-10)21-16(19)23-17/h2,5-8,10H,1,3-4,9H2,(H2,19,21,22,23). The van der Waals surface area contributed by atoms with Gasteiger partial charge in [-0.2, -0.15) is 9.97 Å². The summed E-state index contributed by atoms with van der Waals surface area (Å²) in [7, 11) is 0. The molecule has 0 unspecified atom stereocenters. The number of anilines is 1. The lowest BCUT2D eigenvalue weighted by molar-refractivity contribution is 0.398. The van der Waals surface area contributed by atoms with Crippen molar-refractivity contribution in [3.05, 3.63) is 47.2 Å². The highest BCUT2D eigenvalue weighted by molar-refractivity contribution is 7.98. The smallest absolute Gasteiger partial charge is 0.224 e. The Bertz CT molecular complexity index is 896. The molecule has 1 fully saturated rings. The predicted octanol–water partition coefficient (Wildman–Crippen LogP) is 4.32. The Morgan fingerprint density at radius 1 is 1.24 bits per heavy atom. The zero-order valence-corrected chi connectivity index (χ0v) is 14.9. The first-order valence-corrected chi connectivity index (χ1v) is 9.38. The third-order valence-electron chi connectivity index (χ3n) is 4.11. The Kier molecular flexibility index (Phi) is 4.59. The number of aromatic nitrogens is 4. The maximum absolute atomic E-state index is 6.01. The van der Waals surface area contributed by atoms with E-state index in [2.05, 4.69) is 19.9 Å². The molecule has 1 aromatic carbocycles. The van der Waals surface area contributed by atoms with E-state index in [0.29, 0.717) is 33.5 Å². The van der Waals surface area contributed by atoms with Gasteiger partial charge in [0.05, 0.1) is 11.9 Å². The average Bonchev–Trinajstić information content (AvgIpc) is 3.00. The largest absolute Gasteiger partial charge is 0.440 e. The van der Waals surface area contributed by atoms with Gasteiger partial charge in [-0.3, -0.25) is 0 Å². The summed E-state index contributed by atoms with van der Waals surface area (Å²) in [5, 5.41) is 1.27. The Hall–Kier alpha value is -2.12. The first-order valence-electron chi connectivity index (χ1n) is 8.02. The van der Waals surface area contributed by atoms with E-state index in [1.807, 2.05) is 24.3 Å². The molecule has 1 saturated carbocycles. The molecule has 0 atom stereocenters. The van der Waals surface area contributed by atoms with Gasteiger partial charge in [0.2, 0.25) is 11.8 Å². The third kappa shape index (κ3) is 3.77. The van der Waals surface area contributed by atoms with Crippen LogP contribution in [-0.2, 0) is 5.75 Å². The van der Waals surface area contributed by atoms with Crippen LogP contribution in [0, 0.1) is 0 Å². The topological polar surface area (TPSA) is 90.7 Å². The molecule has 2 N–H and O–H groups in total. The maximum atomic E-state index is 6.01. The number of nitrogens with two attached hydrogens (primary N) is 1. The van der Waals surface area contributed by atoms with Crippen molar-refractivity contribution in [1.82, 2.24) is 19.9 Å². The third-order valence-corrected chi connectivity index (χ3v) is 5.17. The van der Waals surface area contributed by atoms with E-state index in [0.717, 1.165) is 24.2 Å². The van der Waals surface area contributed by atoms with Crippen LogP contribution in [0.25, 0.3) is 11.3 Å². The summed E-state index contributed by atoms with van der Waals surface area (Å²) in [5.41, 5.74) is 6.71. The van der Waals surface area contributed by atoms with Gasteiger partial charge in [0, 0.05) is 16.5 Å². The molecule has 2 aromatic heterocycles. The lowest BCUT2D eigenvalue weighted by atomic mass is 9.85. The molecule has 25 heavy (non-hydrogen) atoms. The van der Waals surface area contributed by atoms with Crippen molar-refractivity contribution < 1.29 is 4.42 Å². The molecular weight excluding hydrogens is 358 g/mol. The maximum Gasteiger partial charge on any atom is 0.224 e. The summed E-state index contributed by atoms with van der Waals surface area (Å²) in [6.45, 7) is 0. The number of hydrogen-bond acceptors (Lipinski definition) is 7. The number of thioether (sulfide) groups is 1. The molecule has 0 radical (unpaired) electrons. The number of nitrogens with zero attached hydrogens (tertiary/aromatic N) is 4. The summed E-state index contributed by atoms with van der Waals surface area (Å²) in [6, 6.07) is 7.48. The van der Waals surface area contributed by atoms with Gasteiger partial charge in [-0.25, -0.2) is 9.97 Å². The number of rotatable bonds is 5. The lowest BCUT2D eigenvalue weighted by Crippen LogP contribution is -2.15. The van der Waals surface area contributed by atoms with E-state index in [1.54, 1.807) is 6.20 Å².